The van der Waals surface area contributed by atoms with E-state index in [1.807, 2.05) is 0 Å². The Labute approximate surface area is 117 Å². The second-order valence-electron chi connectivity index (χ2n) is 4.25. The molecule has 0 aliphatic carbocycles. The molecule has 0 bridgehead atoms. The number of carbonyl (C=O) groups is 1. The van der Waals surface area contributed by atoms with Crippen LogP contribution in [0.5, 0.6) is 0 Å². The van der Waals surface area contributed by atoms with E-state index in [4.69, 9.17) is 5.73 Å². The highest BCUT2D eigenvalue weighted by Crippen LogP contribution is 2.15. The quantitative estimate of drug-likeness (QED) is 0.775. The third-order valence-corrected chi connectivity index (χ3v) is 4.73. The summed E-state index contributed by atoms with van der Waals surface area (Å²) < 4.78 is 22.0. The van der Waals surface area contributed by atoms with E-state index in [-0.39, 0.29) is 16.9 Å². The Bertz CT molecular complexity index is 526. The van der Waals surface area contributed by atoms with Gasteiger partial charge in [-0.2, -0.15) is 0 Å². The van der Waals surface area contributed by atoms with Gasteiger partial charge in [0.05, 0.1) is 11.0 Å². The minimum Gasteiger partial charge on any atom is -0.399 e. The predicted molar refractivity (Wildman–Crippen MR) is 81.1 cm³/mol. The number of benzene rings is 1. The first-order valence-electron chi connectivity index (χ1n) is 5.73. The van der Waals surface area contributed by atoms with Gasteiger partial charge in [-0.1, -0.05) is 0 Å². The predicted octanol–water partition coefficient (Wildman–Crippen LogP) is 1.37. The Hall–Kier alpha value is -1.21. The van der Waals surface area contributed by atoms with Crippen molar-refractivity contribution in [1.82, 2.24) is 0 Å². The highest BCUT2D eigenvalue weighted by atomic mass is 32.2. The summed E-state index contributed by atoms with van der Waals surface area (Å²) in [7, 11) is -2.98. The van der Waals surface area contributed by atoms with Gasteiger partial charge in [-0.05, 0) is 31.2 Å². The molecule has 0 aromatic heterocycles. The third kappa shape index (κ3) is 6.49. The summed E-state index contributed by atoms with van der Waals surface area (Å²) in [5.74, 6) is 0.343. The van der Waals surface area contributed by atoms with Gasteiger partial charge in [0.2, 0.25) is 5.91 Å². The van der Waals surface area contributed by atoms with Crippen LogP contribution in [0.1, 0.15) is 6.92 Å². The van der Waals surface area contributed by atoms with Crippen LogP contribution in [0.4, 0.5) is 11.4 Å². The number of anilines is 2. The molecule has 0 saturated heterocycles. The molecular formula is C12H18N2O3S2. The first-order valence-corrected chi connectivity index (χ1v) is 8.84. The fraction of sp³-hybridized carbons (Fsp3) is 0.417. The highest BCUT2D eigenvalue weighted by Gasteiger charge is 2.14. The molecule has 1 aromatic carbocycles. The van der Waals surface area contributed by atoms with Crippen molar-refractivity contribution in [2.24, 2.45) is 0 Å². The number of nitrogen functional groups attached to an aromatic ring is 1. The summed E-state index contributed by atoms with van der Waals surface area (Å²) >= 11 is 1.32. The zero-order valence-corrected chi connectivity index (χ0v) is 12.6. The van der Waals surface area contributed by atoms with Crippen molar-refractivity contribution in [2.45, 2.75) is 12.2 Å². The van der Waals surface area contributed by atoms with E-state index >= 15 is 0 Å². The normalized spacial score (nSPS) is 12.9. The van der Waals surface area contributed by atoms with E-state index in [1.165, 1.54) is 18.0 Å². The van der Waals surface area contributed by atoms with Crippen molar-refractivity contribution in [3.8, 4) is 0 Å². The lowest BCUT2D eigenvalue weighted by molar-refractivity contribution is -0.115. The number of hydrogen-bond acceptors (Lipinski definition) is 5. The van der Waals surface area contributed by atoms with Gasteiger partial charge in [0.25, 0.3) is 0 Å². The van der Waals surface area contributed by atoms with E-state index in [2.05, 4.69) is 5.32 Å². The number of sulfone groups is 1. The van der Waals surface area contributed by atoms with Crippen LogP contribution >= 0.6 is 11.8 Å². The molecule has 0 aliphatic rings. The van der Waals surface area contributed by atoms with Crippen LogP contribution in [0.25, 0.3) is 0 Å². The topological polar surface area (TPSA) is 89.3 Å². The molecule has 1 aromatic rings. The van der Waals surface area contributed by atoms with Gasteiger partial charge in [-0.3, -0.25) is 4.79 Å². The summed E-state index contributed by atoms with van der Waals surface area (Å²) in [4.78, 5) is 11.8. The lowest BCUT2D eigenvalue weighted by Crippen LogP contribution is -2.23. The SMILES string of the molecule is CC(SCCS(C)(=O)=O)C(=O)Nc1ccc(N)cc1. The van der Waals surface area contributed by atoms with E-state index in [0.717, 1.165) is 0 Å². The number of carbonyl (C=O) groups excluding carboxylic acids is 1. The number of rotatable bonds is 6. The van der Waals surface area contributed by atoms with Crippen molar-refractivity contribution in [3.05, 3.63) is 24.3 Å². The number of hydrogen-bond donors (Lipinski definition) is 2. The Morgan fingerprint density at radius 3 is 2.47 bits per heavy atom. The monoisotopic (exact) mass is 302 g/mol. The molecule has 1 unspecified atom stereocenters. The number of nitrogens with one attached hydrogen (secondary N) is 1. The van der Waals surface area contributed by atoms with Gasteiger partial charge in [-0.15, -0.1) is 11.8 Å². The first kappa shape index (κ1) is 15.8. The van der Waals surface area contributed by atoms with Crippen molar-refractivity contribution in [3.63, 3.8) is 0 Å². The molecule has 0 fully saturated rings. The summed E-state index contributed by atoms with van der Waals surface area (Å²) in [6, 6.07) is 6.86. The highest BCUT2D eigenvalue weighted by molar-refractivity contribution is 8.01. The smallest absolute Gasteiger partial charge is 0.237 e. The van der Waals surface area contributed by atoms with Crippen LogP contribution in [0, 0.1) is 0 Å². The molecule has 0 aliphatic heterocycles. The first-order chi connectivity index (χ1) is 8.78. The maximum Gasteiger partial charge on any atom is 0.237 e. The van der Waals surface area contributed by atoms with Crippen molar-refractivity contribution in [2.75, 3.05) is 28.8 Å². The molecule has 3 N–H and O–H groups in total. The molecule has 0 spiro atoms. The molecule has 7 heteroatoms. The average molecular weight is 302 g/mol. The molecule has 5 nitrogen and oxygen atoms in total. The van der Waals surface area contributed by atoms with E-state index in [9.17, 15) is 13.2 Å². The van der Waals surface area contributed by atoms with Gasteiger partial charge in [-0.25, -0.2) is 8.42 Å². The Morgan fingerprint density at radius 1 is 1.37 bits per heavy atom. The van der Waals surface area contributed by atoms with Crippen molar-refractivity contribution >= 4 is 38.9 Å². The van der Waals surface area contributed by atoms with E-state index in [0.29, 0.717) is 17.1 Å². The maximum absolute atomic E-state index is 11.8. The number of thioether (sulfide) groups is 1. The van der Waals surface area contributed by atoms with Crippen LogP contribution in [-0.4, -0.2) is 37.3 Å². The largest absolute Gasteiger partial charge is 0.399 e. The summed E-state index contributed by atoms with van der Waals surface area (Å²) in [6.45, 7) is 1.75. The lowest BCUT2D eigenvalue weighted by Gasteiger charge is -2.11. The van der Waals surface area contributed by atoms with Crippen LogP contribution in [-0.2, 0) is 14.6 Å². The van der Waals surface area contributed by atoms with E-state index < -0.39 is 9.84 Å². The Kier molecular flexibility index (Phi) is 5.68. The number of amides is 1. The molecule has 0 saturated carbocycles. The zero-order valence-electron chi connectivity index (χ0n) is 10.9. The van der Waals surface area contributed by atoms with Crippen molar-refractivity contribution in [1.29, 1.82) is 0 Å². The summed E-state index contributed by atoms with van der Waals surface area (Å²) in [5, 5.41) is 2.45. The average Bonchev–Trinajstić information content (AvgIpc) is 2.30. The minimum absolute atomic E-state index is 0.0805. The third-order valence-electron chi connectivity index (χ3n) is 2.37. The molecule has 1 amide bonds. The second kappa shape index (κ2) is 6.81. The molecule has 1 atom stereocenters. The summed E-state index contributed by atoms with van der Waals surface area (Å²) in [5.41, 5.74) is 6.86. The van der Waals surface area contributed by atoms with Crippen LogP contribution in [0.2, 0.25) is 0 Å². The lowest BCUT2D eigenvalue weighted by atomic mass is 10.3. The molecule has 106 valence electrons. The van der Waals surface area contributed by atoms with Gasteiger partial charge in [0.15, 0.2) is 0 Å². The maximum atomic E-state index is 11.8. The van der Waals surface area contributed by atoms with Crippen molar-refractivity contribution < 1.29 is 13.2 Å². The molecule has 19 heavy (non-hydrogen) atoms. The van der Waals surface area contributed by atoms with Gasteiger partial charge < -0.3 is 11.1 Å². The Morgan fingerprint density at radius 2 is 1.95 bits per heavy atom. The van der Waals surface area contributed by atoms with Crippen LogP contribution in [0.3, 0.4) is 0 Å². The second-order valence-corrected chi connectivity index (χ2v) is 7.96. The zero-order chi connectivity index (χ0) is 14.5. The van der Waals surface area contributed by atoms with Gasteiger partial charge in [0, 0.05) is 23.4 Å². The molecule has 0 radical (unpaired) electrons. The molecular weight excluding hydrogens is 284 g/mol. The number of nitrogens with two attached hydrogens (primary N) is 1. The standard InChI is InChI=1S/C12H18N2O3S2/c1-9(18-7-8-19(2,16)17)12(15)14-11-5-3-10(13)4-6-11/h3-6,9H,7-8,13H2,1-2H3,(H,14,15). The molecule has 0 heterocycles. The van der Waals surface area contributed by atoms with Gasteiger partial charge >= 0.3 is 0 Å². The fourth-order valence-electron chi connectivity index (χ4n) is 1.26. The Balaban J connectivity index is 2.42. The minimum atomic E-state index is -2.98. The van der Waals surface area contributed by atoms with E-state index in [1.54, 1.807) is 31.2 Å². The van der Waals surface area contributed by atoms with Crippen LogP contribution < -0.4 is 11.1 Å². The molecule has 1 rings (SSSR count). The fourth-order valence-corrected chi connectivity index (χ4v) is 3.42. The van der Waals surface area contributed by atoms with Gasteiger partial charge in [0.1, 0.15) is 9.84 Å². The van der Waals surface area contributed by atoms with Crippen LogP contribution in [0.15, 0.2) is 24.3 Å². The summed E-state index contributed by atoms with van der Waals surface area (Å²) in [6.07, 6.45) is 1.19.